The van der Waals surface area contributed by atoms with Crippen molar-refractivity contribution in [2.45, 2.75) is 39.5 Å². The molecule has 0 bridgehead atoms. The quantitative estimate of drug-likeness (QED) is 0.886. The van der Waals surface area contributed by atoms with E-state index in [0.717, 1.165) is 42.2 Å². The van der Waals surface area contributed by atoms with Crippen molar-refractivity contribution in [2.24, 2.45) is 5.92 Å². The number of benzene rings is 1. The van der Waals surface area contributed by atoms with E-state index in [2.05, 4.69) is 62.3 Å². The number of anilines is 4. The summed E-state index contributed by atoms with van der Waals surface area (Å²) < 4.78 is 0. The van der Waals surface area contributed by atoms with Crippen molar-refractivity contribution >= 4 is 23.0 Å². The van der Waals surface area contributed by atoms with Gasteiger partial charge in [0.1, 0.15) is 17.5 Å². The van der Waals surface area contributed by atoms with Gasteiger partial charge >= 0.3 is 0 Å². The second-order valence-electron chi connectivity index (χ2n) is 7.72. The molecule has 2 aliphatic rings. The molecule has 0 spiro atoms. The molecule has 3 heterocycles. The van der Waals surface area contributed by atoms with Crippen LogP contribution in [-0.2, 0) is 0 Å². The fraction of sp³-hybridized carbons (Fsp3) is 0.524. The van der Waals surface area contributed by atoms with E-state index in [0.29, 0.717) is 0 Å². The zero-order valence-electron chi connectivity index (χ0n) is 15.9. The first-order valence-corrected chi connectivity index (χ1v) is 9.90. The van der Waals surface area contributed by atoms with Gasteiger partial charge in [-0.2, -0.15) is 0 Å². The fourth-order valence-corrected chi connectivity index (χ4v) is 4.05. The summed E-state index contributed by atoms with van der Waals surface area (Å²) in [5, 5.41) is 3.46. The first kappa shape index (κ1) is 17.1. The molecule has 1 aromatic carbocycles. The summed E-state index contributed by atoms with van der Waals surface area (Å²) >= 11 is 0. The van der Waals surface area contributed by atoms with E-state index in [1.165, 1.54) is 44.5 Å². The molecule has 1 aromatic heterocycles. The minimum absolute atomic E-state index is 0.730. The molecular formula is C21H29N5. The van der Waals surface area contributed by atoms with Crippen LogP contribution in [0.2, 0.25) is 0 Å². The topological polar surface area (TPSA) is 44.3 Å². The van der Waals surface area contributed by atoms with Gasteiger partial charge in [-0.1, -0.05) is 6.92 Å². The van der Waals surface area contributed by atoms with Gasteiger partial charge in [-0.3, -0.25) is 0 Å². The Morgan fingerprint density at radius 2 is 1.69 bits per heavy atom. The minimum atomic E-state index is 0.730. The van der Waals surface area contributed by atoms with Crippen LogP contribution in [0.25, 0.3) is 0 Å². The van der Waals surface area contributed by atoms with Crippen molar-refractivity contribution in [3.05, 3.63) is 36.2 Å². The summed E-state index contributed by atoms with van der Waals surface area (Å²) in [6.45, 7) is 8.82. The predicted octanol–water partition coefficient (Wildman–Crippen LogP) is 4.37. The van der Waals surface area contributed by atoms with Crippen molar-refractivity contribution in [3.8, 4) is 0 Å². The molecule has 1 N–H and O–H groups in total. The molecule has 0 aliphatic carbocycles. The number of aromatic nitrogens is 2. The van der Waals surface area contributed by atoms with Crippen LogP contribution in [0.5, 0.6) is 0 Å². The molecule has 2 aromatic rings. The third kappa shape index (κ3) is 3.92. The second kappa shape index (κ2) is 7.52. The van der Waals surface area contributed by atoms with Crippen LogP contribution in [-0.4, -0.2) is 36.1 Å². The Morgan fingerprint density at radius 1 is 0.962 bits per heavy atom. The van der Waals surface area contributed by atoms with Gasteiger partial charge in [0.2, 0.25) is 0 Å². The van der Waals surface area contributed by atoms with Gasteiger partial charge in [-0.05, 0) is 62.8 Å². The Bertz CT molecular complexity index is 737. The number of aryl methyl sites for hydroxylation is 1. The first-order valence-electron chi connectivity index (χ1n) is 9.90. The van der Waals surface area contributed by atoms with Crippen molar-refractivity contribution in [2.75, 3.05) is 41.3 Å². The van der Waals surface area contributed by atoms with Gasteiger partial charge in [0.15, 0.2) is 0 Å². The average molecular weight is 351 g/mol. The molecule has 138 valence electrons. The Balaban J connectivity index is 1.49. The third-order valence-electron chi connectivity index (χ3n) is 5.42. The zero-order chi connectivity index (χ0) is 17.9. The van der Waals surface area contributed by atoms with E-state index in [-0.39, 0.29) is 0 Å². The van der Waals surface area contributed by atoms with Gasteiger partial charge in [-0.25, -0.2) is 9.97 Å². The summed E-state index contributed by atoms with van der Waals surface area (Å²) in [5.74, 6) is 3.46. The zero-order valence-corrected chi connectivity index (χ0v) is 15.9. The minimum Gasteiger partial charge on any atom is -0.372 e. The van der Waals surface area contributed by atoms with E-state index in [4.69, 9.17) is 0 Å². The monoisotopic (exact) mass is 351 g/mol. The van der Waals surface area contributed by atoms with Crippen molar-refractivity contribution in [1.29, 1.82) is 0 Å². The highest BCUT2D eigenvalue weighted by Crippen LogP contribution is 2.26. The predicted molar refractivity (Wildman–Crippen MR) is 109 cm³/mol. The lowest BCUT2D eigenvalue weighted by Gasteiger charge is -2.32. The summed E-state index contributed by atoms with van der Waals surface area (Å²) in [4.78, 5) is 14.1. The second-order valence-corrected chi connectivity index (χ2v) is 7.72. The van der Waals surface area contributed by atoms with Gasteiger partial charge in [0.05, 0.1) is 0 Å². The van der Waals surface area contributed by atoms with Crippen LogP contribution >= 0.6 is 0 Å². The molecule has 5 heteroatoms. The lowest BCUT2D eigenvalue weighted by atomic mass is 10.0. The first-order chi connectivity index (χ1) is 12.7. The Morgan fingerprint density at radius 3 is 2.42 bits per heavy atom. The lowest BCUT2D eigenvalue weighted by Crippen LogP contribution is -2.35. The summed E-state index contributed by atoms with van der Waals surface area (Å²) in [5.41, 5.74) is 2.39. The Kier molecular flexibility index (Phi) is 4.96. The van der Waals surface area contributed by atoms with Crippen LogP contribution in [0, 0.1) is 12.8 Å². The summed E-state index contributed by atoms with van der Waals surface area (Å²) in [7, 11) is 0. The van der Waals surface area contributed by atoms with Crippen LogP contribution < -0.4 is 15.1 Å². The largest absolute Gasteiger partial charge is 0.372 e. The molecule has 0 amide bonds. The number of piperidine rings is 1. The molecular weight excluding hydrogens is 322 g/mol. The van der Waals surface area contributed by atoms with Crippen molar-refractivity contribution in [1.82, 2.24) is 9.97 Å². The number of nitrogens with zero attached hydrogens (tertiary/aromatic N) is 4. The van der Waals surface area contributed by atoms with Gasteiger partial charge in [0.25, 0.3) is 0 Å². The van der Waals surface area contributed by atoms with E-state index in [1.807, 2.05) is 6.92 Å². The van der Waals surface area contributed by atoms with Gasteiger partial charge < -0.3 is 15.1 Å². The maximum Gasteiger partial charge on any atom is 0.136 e. The maximum atomic E-state index is 4.67. The smallest absolute Gasteiger partial charge is 0.136 e. The van der Waals surface area contributed by atoms with Gasteiger partial charge in [-0.15, -0.1) is 0 Å². The van der Waals surface area contributed by atoms with E-state index < -0.39 is 0 Å². The van der Waals surface area contributed by atoms with E-state index >= 15 is 0 Å². The Labute approximate surface area is 156 Å². The normalized spacial score (nSPS) is 20.5. The Hall–Kier alpha value is -2.30. The average Bonchev–Trinajstić information content (AvgIpc) is 3.16. The fourth-order valence-electron chi connectivity index (χ4n) is 4.05. The molecule has 2 aliphatic heterocycles. The van der Waals surface area contributed by atoms with Crippen LogP contribution in [0.1, 0.15) is 38.4 Å². The number of rotatable bonds is 4. The summed E-state index contributed by atoms with van der Waals surface area (Å²) in [6, 6.07) is 10.8. The maximum absolute atomic E-state index is 4.67. The van der Waals surface area contributed by atoms with Crippen LogP contribution in [0.3, 0.4) is 0 Å². The molecule has 1 unspecified atom stereocenters. The third-order valence-corrected chi connectivity index (χ3v) is 5.42. The highest BCUT2D eigenvalue weighted by Gasteiger charge is 2.18. The SMILES string of the molecule is Cc1nc(Nc2ccc(N3CCCC3)cc2)cc(N2CCCC(C)C2)n1. The lowest BCUT2D eigenvalue weighted by molar-refractivity contribution is 0.444. The van der Waals surface area contributed by atoms with E-state index in [9.17, 15) is 0 Å². The molecule has 0 saturated carbocycles. The highest BCUT2D eigenvalue weighted by molar-refractivity contribution is 5.63. The molecule has 4 rings (SSSR count). The van der Waals surface area contributed by atoms with E-state index in [1.54, 1.807) is 0 Å². The standard InChI is InChI=1S/C21H29N5/c1-16-6-5-13-26(15-16)21-14-20(22-17(2)23-21)24-18-7-9-19(10-8-18)25-11-3-4-12-25/h7-10,14,16H,3-6,11-13,15H2,1-2H3,(H,22,23,24). The van der Waals surface area contributed by atoms with Crippen molar-refractivity contribution < 1.29 is 0 Å². The number of nitrogens with one attached hydrogen (secondary N) is 1. The molecule has 2 fully saturated rings. The molecule has 0 radical (unpaired) electrons. The number of hydrogen-bond acceptors (Lipinski definition) is 5. The van der Waals surface area contributed by atoms with Crippen molar-refractivity contribution in [3.63, 3.8) is 0 Å². The van der Waals surface area contributed by atoms with Gasteiger partial charge in [0, 0.05) is 43.6 Å². The summed E-state index contributed by atoms with van der Waals surface area (Å²) in [6.07, 6.45) is 5.16. The van der Waals surface area contributed by atoms with Crippen LogP contribution in [0.4, 0.5) is 23.0 Å². The molecule has 1 atom stereocenters. The number of hydrogen-bond donors (Lipinski definition) is 1. The molecule has 5 nitrogen and oxygen atoms in total. The molecule has 2 saturated heterocycles. The molecule has 26 heavy (non-hydrogen) atoms. The van der Waals surface area contributed by atoms with Crippen LogP contribution in [0.15, 0.2) is 30.3 Å². The highest BCUT2D eigenvalue weighted by atomic mass is 15.2.